The van der Waals surface area contributed by atoms with E-state index in [-0.39, 0.29) is 0 Å². The molecule has 0 aliphatic rings. The summed E-state index contributed by atoms with van der Waals surface area (Å²) in [5.41, 5.74) is 6.61. The minimum atomic E-state index is 0.526. The van der Waals surface area contributed by atoms with Gasteiger partial charge in [-0.05, 0) is 6.07 Å². The summed E-state index contributed by atoms with van der Waals surface area (Å²) in [5.74, 6) is 0.526. The zero-order valence-corrected chi connectivity index (χ0v) is 7.30. The van der Waals surface area contributed by atoms with Crippen molar-refractivity contribution in [2.24, 2.45) is 0 Å². The van der Waals surface area contributed by atoms with Gasteiger partial charge in [0.1, 0.15) is 4.83 Å². The SMILES string of the molecule is Nc1n[nH]c2c1sc1nnccc12. The highest BCUT2D eigenvalue weighted by atomic mass is 32.1. The molecule has 0 atom stereocenters. The van der Waals surface area contributed by atoms with Crippen LogP contribution in [-0.4, -0.2) is 20.4 Å². The number of nitrogens with one attached hydrogen (secondary N) is 1. The third kappa shape index (κ3) is 0.775. The molecule has 13 heavy (non-hydrogen) atoms. The van der Waals surface area contributed by atoms with Crippen molar-refractivity contribution in [2.45, 2.75) is 0 Å². The maximum absolute atomic E-state index is 5.66. The molecule has 0 unspecified atom stereocenters. The van der Waals surface area contributed by atoms with E-state index in [9.17, 15) is 0 Å². The molecule has 0 radical (unpaired) electrons. The number of thiophene rings is 1. The van der Waals surface area contributed by atoms with Crippen molar-refractivity contribution in [3.05, 3.63) is 12.3 Å². The van der Waals surface area contributed by atoms with E-state index < -0.39 is 0 Å². The Hall–Kier alpha value is -1.69. The molecule has 0 spiro atoms. The Morgan fingerprint density at radius 3 is 3.31 bits per heavy atom. The number of aromatic amines is 1. The van der Waals surface area contributed by atoms with Crippen LogP contribution >= 0.6 is 11.3 Å². The Labute approximate surface area is 76.6 Å². The molecule has 64 valence electrons. The van der Waals surface area contributed by atoms with Crippen LogP contribution in [0.1, 0.15) is 0 Å². The van der Waals surface area contributed by atoms with Gasteiger partial charge in [0.15, 0.2) is 5.82 Å². The van der Waals surface area contributed by atoms with E-state index in [1.54, 1.807) is 6.20 Å². The van der Waals surface area contributed by atoms with Crippen LogP contribution in [0.15, 0.2) is 12.3 Å². The molecule has 0 aliphatic carbocycles. The highest BCUT2D eigenvalue weighted by Gasteiger charge is 2.10. The fraction of sp³-hybridized carbons (Fsp3) is 0. The average Bonchev–Trinajstić information content (AvgIpc) is 2.67. The number of nitrogens with zero attached hydrogens (tertiary/aromatic N) is 3. The van der Waals surface area contributed by atoms with E-state index in [1.165, 1.54) is 11.3 Å². The van der Waals surface area contributed by atoms with Crippen molar-refractivity contribution in [1.82, 2.24) is 20.4 Å². The fourth-order valence-electron chi connectivity index (χ4n) is 1.31. The number of hydrogen-bond donors (Lipinski definition) is 2. The van der Waals surface area contributed by atoms with E-state index in [1.807, 2.05) is 6.07 Å². The molecule has 0 saturated heterocycles. The van der Waals surface area contributed by atoms with Crippen LogP contribution in [-0.2, 0) is 0 Å². The normalized spacial score (nSPS) is 11.4. The monoisotopic (exact) mass is 191 g/mol. The van der Waals surface area contributed by atoms with Gasteiger partial charge in [-0.1, -0.05) is 0 Å². The van der Waals surface area contributed by atoms with E-state index in [0.29, 0.717) is 5.82 Å². The molecule has 0 aliphatic heterocycles. The van der Waals surface area contributed by atoms with Gasteiger partial charge < -0.3 is 5.73 Å². The molecule has 0 saturated carbocycles. The molecule has 0 amide bonds. The van der Waals surface area contributed by atoms with Gasteiger partial charge in [-0.2, -0.15) is 10.2 Å². The zero-order chi connectivity index (χ0) is 8.84. The first-order valence-corrected chi connectivity index (χ1v) is 4.51. The number of rotatable bonds is 0. The lowest BCUT2D eigenvalue weighted by molar-refractivity contribution is 1.08. The standard InChI is InChI=1S/C7H5N5S/c8-6-5-4(10-11-6)3-1-2-9-12-7(3)13-5/h1-2H,(H3,8,10,11). The van der Waals surface area contributed by atoms with Crippen LogP contribution in [0.3, 0.4) is 0 Å². The summed E-state index contributed by atoms with van der Waals surface area (Å²) in [5, 5.41) is 15.6. The van der Waals surface area contributed by atoms with Gasteiger partial charge in [-0.15, -0.1) is 16.4 Å². The first-order chi connectivity index (χ1) is 6.36. The maximum atomic E-state index is 5.66. The quantitative estimate of drug-likeness (QED) is 0.558. The molecule has 3 heterocycles. The average molecular weight is 191 g/mol. The summed E-state index contributed by atoms with van der Waals surface area (Å²) in [6.07, 6.45) is 1.66. The molecule has 3 aromatic rings. The minimum absolute atomic E-state index is 0.526. The third-order valence-corrected chi connectivity index (χ3v) is 3.02. The number of nitrogen functional groups attached to an aromatic ring is 1. The van der Waals surface area contributed by atoms with Crippen molar-refractivity contribution >= 4 is 37.6 Å². The predicted octanol–water partition coefficient (Wildman–Crippen LogP) is 1.15. The number of nitrogens with two attached hydrogens (primary N) is 1. The molecule has 0 aromatic carbocycles. The second-order valence-electron chi connectivity index (χ2n) is 2.67. The Bertz CT molecular complexity index is 581. The molecule has 3 aromatic heterocycles. The van der Waals surface area contributed by atoms with E-state index in [4.69, 9.17) is 5.73 Å². The fourth-order valence-corrected chi connectivity index (χ4v) is 2.28. The van der Waals surface area contributed by atoms with Gasteiger partial charge in [0, 0.05) is 5.39 Å². The molecule has 0 bridgehead atoms. The van der Waals surface area contributed by atoms with Crippen LogP contribution in [0.25, 0.3) is 20.4 Å². The molecule has 0 fully saturated rings. The summed E-state index contributed by atoms with van der Waals surface area (Å²) in [6.45, 7) is 0. The number of hydrogen-bond acceptors (Lipinski definition) is 5. The van der Waals surface area contributed by atoms with Crippen molar-refractivity contribution in [2.75, 3.05) is 5.73 Å². The third-order valence-electron chi connectivity index (χ3n) is 1.90. The second kappa shape index (κ2) is 2.17. The van der Waals surface area contributed by atoms with E-state index >= 15 is 0 Å². The second-order valence-corrected chi connectivity index (χ2v) is 3.66. The zero-order valence-electron chi connectivity index (χ0n) is 6.48. The highest BCUT2D eigenvalue weighted by Crippen LogP contribution is 2.33. The Kier molecular flexibility index (Phi) is 1.13. The van der Waals surface area contributed by atoms with Crippen molar-refractivity contribution in [1.29, 1.82) is 0 Å². The van der Waals surface area contributed by atoms with Crippen LogP contribution in [0.5, 0.6) is 0 Å². The van der Waals surface area contributed by atoms with Gasteiger partial charge in [-0.3, -0.25) is 5.10 Å². The molecule has 3 N–H and O–H groups in total. The van der Waals surface area contributed by atoms with E-state index in [0.717, 1.165) is 20.4 Å². The van der Waals surface area contributed by atoms with Crippen molar-refractivity contribution in [3.8, 4) is 0 Å². The van der Waals surface area contributed by atoms with Crippen molar-refractivity contribution in [3.63, 3.8) is 0 Å². The molecule has 3 rings (SSSR count). The topological polar surface area (TPSA) is 80.5 Å². The van der Waals surface area contributed by atoms with Crippen LogP contribution < -0.4 is 5.73 Å². The Morgan fingerprint density at radius 1 is 1.46 bits per heavy atom. The molecule has 6 heteroatoms. The summed E-state index contributed by atoms with van der Waals surface area (Å²) in [6, 6.07) is 1.90. The van der Waals surface area contributed by atoms with Gasteiger partial charge in [0.2, 0.25) is 0 Å². The largest absolute Gasteiger partial charge is 0.381 e. The lowest BCUT2D eigenvalue weighted by Gasteiger charge is -1.83. The number of anilines is 1. The smallest absolute Gasteiger partial charge is 0.163 e. The van der Waals surface area contributed by atoms with Gasteiger partial charge >= 0.3 is 0 Å². The Morgan fingerprint density at radius 2 is 2.38 bits per heavy atom. The molecule has 5 nitrogen and oxygen atoms in total. The summed E-state index contributed by atoms with van der Waals surface area (Å²) in [4.78, 5) is 0.887. The molecular formula is C7H5N5S. The Balaban J connectivity index is 2.64. The lowest BCUT2D eigenvalue weighted by atomic mass is 10.3. The predicted molar refractivity (Wildman–Crippen MR) is 51.5 cm³/mol. The van der Waals surface area contributed by atoms with Crippen LogP contribution in [0, 0.1) is 0 Å². The van der Waals surface area contributed by atoms with Gasteiger partial charge in [0.05, 0.1) is 16.4 Å². The summed E-state index contributed by atoms with van der Waals surface area (Å²) < 4.78 is 0.954. The van der Waals surface area contributed by atoms with Gasteiger partial charge in [-0.25, -0.2) is 0 Å². The first-order valence-electron chi connectivity index (χ1n) is 3.70. The summed E-state index contributed by atoms with van der Waals surface area (Å²) in [7, 11) is 0. The van der Waals surface area contributed by atoms with Gasteiger partial charge in [0.25, 0.3) is 0 Å². The van der Waals surface area contributed by atoms with Crippen LogP contribution in [0.4, 0.5) is 5.82 Å². The number of aromatic nitrogens is 4. The first kappa shape index (κ1) is 6.79. The lowest BCUT2D eigenvalue weighted by Crippen LogP contribution is -1.82. The number of fused-ring (bicyclic) bond motifs is 3. The maximum Gasteiger partial charge on any atom is 0.163 e. The number of H-pyrrole nitrogens is 1. The van der Waals surface area contributed by atoms with Crippen molar-refractivity contribution < 1.29 is 0 Å². The minimum Gasteiger partial charge on any atom is -0.381 e. The van der Waals surface area contributed by atoms with Crippen LogP contribution in [0.2, 0.25) is 0 Å². The highest BCUT2D eigenvalue weighted by molar-refractivity contribution is 7.25. The summed E-state index contributed by atoms with van der Waals surface area (Å²) >= 11 is 1.50. The molecular weight excluding hydrogens is 186 g/mol. The van der Waals surface area contributed by atoms with E-state index in [2.05, 4.69) is 20.4 Å².